The molecule has 3 aromatic rings. The second kappa shape index (κ2) is 9.32. The number of hydrogen-bond acceptors (Lipinski definition) is 5. The van der Waals surface area contributed by atoms with Crippen LogP contribution in [0.2, 0.25) is 0 Å². The van der Waals surface area contributed by atoms with E-state index in [-0.39, 0.29) is 28.8 Å². The van der Waals surface area contributed by atoms with Crippen LogP contribution in [0.15, 0.2) is 53.6 Å². The number of aryl methyl sites for hydroxylation is 2. The second-order valence-corrected chi connectivity index (χ2v) is 8.04. The van der Waals surface area contributed by atoms with Crippen LogP contribution in [0.4, 0.5) is 10.1 Å². The Balaban J connectivity index is 1.58. The Kier molecular flexibility index (Phi) is 6.30. The summed E-state index contributed by atoms with van der Waals surface area (Å²) in [4.78, 5) is 48.2. The summed E-state index contributed by atoms with van der Waals surface area (Å²) in [5.41, 5.74) is 0.974. The molecule has 1 aliphatic heterocycles. The van der Waals surface area contributed by atoms with Crippen molar-refractivity contribution in [2.24, 2.45) is 7.05 Å². The number of likely N-dealkylation sites (tertiary alicyclic amines) is 1. The molecule has 0 aliphatic carbocycles. The van der Waals surface area contributed by atoms with E-state index in [0.717, 1.165) is 12.8 Å². The third kappa shape index (κ3) is 4.67. The molecule has 8 nitrogen and oxygen atoms in total. The van der Waals surface area contributed by atoms with Crippen LogP contribution < -0.4 is 10.9 Å². The molecule has 170 valence electrons. The molecule has 33 heavy (non-hydrogen) atoms. The Morgan fingerprint density at radius 1 is 1.15 bits per heavy atom. The molecule has 1 unspecified atom stereocenters. The molecule has 0 saturated carbocycles. The molecule has 4 rings (SSSR count). The van der Waals surface area contributed by atoms with Crippen molar-refractivity contribution < 1.29 is 14.0 Å². The van der Waals surface area contributed by atoms with E-state index in [0.29, 0.717) is 30.0 Å². The molecule has 3 heterocycles. The number of amides is 2. The summed E-state index contributed by atoms with van der Waals surface area (Å²) < 4.78 is 15.2. The minimum atomic E-state index is -0.532. The first kappa shape index (κ1) is 22.3. The number of anilines is 1. The summed E-state index contributed by atoms with van der Waals surface area (Å²) >= 11 is 0. The number of hydrogen-bond donors (Lipinski definition) is 1. The zero-order chi connectivity index (χ0) is 23.5. The van der Waals surface area contributed by atoms with Crippen molar-refractivity contribution in [3.63, 3.8) is 0 Å². The van der Waals surface area contributed by atoms with Crippen LogP contribution in [0.5, 0.6) is 0 Å². The van der Waals surface area contributed by atoms with Crippen molar-refractivity contribution in [1.82, 2.24) is 19.4 Å². The van der Waals surface area contributed by atoms with Gasteiger partial charge in [-0.05, 0) is 44.4 Å². The molecule has 1 fully saturated rings. The van der Waals surface area contributed by atoms with Gasteiger partial charge in [0.1, 0.15) is 5.82 Å². The normalized spacial score (nSPS) is 15.8. The quantitative estimate of drug-likeness (QED) is 0.660. The number of nitrogens with one attached hydrogen (secondary N) is 1. The summed E-state index contributed by atoms with van der Waals surface area (Å²) in [5.74, 6) is -0.785. The molecule has 1 aromatic carbocycles. The number of halogens is 1. The summed E-state index contributed by atoms with van der Waals surface area (Å²) in [5, 5.41) is 2.54. The van der Waals surface area contributed by atoms with Gasteiger partial charge in [0, 0.05) is 32.1 Å². The molecule has 0 bridgehead atoms. The van der Waals surface area contributed by atoms with Gasteiger partial charge in [-0.15, -0.1) is 0 Å². The number of carbonyl (C=O) groups is 2. The van der Waals surface area contributed by atoms with Gasteiger partial charge < -0.3 is 14.8 Å². The van der Waals surface area contributed by atoms with Gasteiger partial charge in [-0.25, -0.2) is 14.4 Å². The van der Waals surface area contributed by atoms with E-state index < -0.39 is 11.7 Å². The van der Waals surface area contributed by atoms with Crippen LogP contribution >= 0.6 is 0 Å². The maximum Gasteiger partial charge on any atom is 0.259 e. The van der Waals surface area contributed by atoms with Gasteiger partial charge in [-0.3, -0.25) is 14.4 Å². The number of benzene rings is 1. The molecule has 1 N–H and O–H groups in total. The molecule has 1 atom stereocenters. The SMILES string of the molecule is Cc1nc(C2CCCCN2C(=O)c2ccc(=O)n(C)c2)ncc1C(=O)Nc1ccccc1F. The van der Waals surface area contributed by atoms with Gasteiger partial charge in [0.15, 0.2) is 5.82 Å². The molecule has 0 radical (unpaired) electrons. The molecular weight excluding hydrogens is 425 g/mol. The van der Waals surface area contributed by atoms with Crippen LogP contribution in [-0.4, -0.2) is 37.8 Å². The molecule has 0 spiro atoms. The van der Waals surface area contributed by atoms with E-state index >= 15 is 0 Å². The van der Waals surface area contributed by atoms with Crippen LogP contribution in [0.25, 0.3) is 0 Å². The van der Waals surface area contributed by atoms with E-state index in [1.54, 1.807) is 31.0 Å². The van der Waals surface area contributed by atoms with Crippen molar-refractivity contribution in [3.05, 3.63) is 87.6 Å². The number of para-hydroxylation sites is 1. The van der Waals surface area contributed by atoms with E-state index in [1.165, 1.54) is 41.2 Å². The van der Waals surface area contributed by atoms with Gasteiger partial charge in [0.25, 0.3) is 11.8 Å². The zero-order valence-electron chi connectivity index (χ0n) is 18.4. The van der Waals surface area contributed by atoms with Crippen molar-refractivity contribution in [2.45, 2.75) is 32.2 Å². The predicted molar refractivity (Wildman–Crippen MR) is 120 cm³/mol. The lowest BCUT2D eigenvalue weighted by Gasteiger charge is -2.35. The second-order valence-electron chi connectivity index (χ2n) is 8.04. The molecular formula is C24H24FN5O3. The van der Waals surface area contributed by atoms with Crippen molar-refractivity contribution in [3.8, 4) is 0 Å². The zero-order valence-corrected chi connectivity index (χ0v) is 18.4. The number of carbonyl (C=O) groups excluding carboxylic acids is 2. The molecule has 2 amide bonds. The first-order valence-electron chi connectivity index (χ1n) is 10.7. The monoisotopic (exact) mass is 449 g/mol. The van der Waals surface area contributed by atoms with E-state index in [9.17, 15) is 18.8 Å². The third-order valence-corrected chi connectivity index (χ3v) is 5.76. The Morgan fingerprint density at radius 3 is 2.67 bits per heavy atom. The van der Waals surface area contributed by atoms with Gasteiger partial charge >= 0.3 is 0 Å². The minimum absolute atomic E-state index is 0.0762. The highest BCUT2D eigenvalue weighted by Gasteiger charge is 2.31. The highest BCUT2D eigenvalue weighted by molar-refractivity contribution is 6.04. The maximum atomic E-state index is 13.9. The average molecular weight is 449 g/mol. The topological polar surface area (TPSA) is 97.2 Å². The summed E-state index contributed by atoms with van der Waals surface area (Å²) in [6.07, 6.45) is 5.41. The predicted octanol–water partition coefficient (Wildman–Crippen LogP) is 3.24. The Bertz CT molecular complexity index is 1270. The first-order chi connectivity index (χ1) is 15.8. The van der Waals surface area contributed by atoms with Crippen LogP contribution in [0.1, 0.15) is 57.5 Å². The van der Waals surface area contributed by atoms with Crippen LogP contribution in [0, 0.1) is 12.7 Å². The third-order valence-electron chi connectivity index (χ3n) is 5.76. The van der Waals surface area contributed by atoms with Crippen molar-refractivity contribution >= 4 is 17.5 Å². The van der Waals surface area contributed by atoms with E-state index in [2.05, 4.69) is 15.3 Å². The average Bonchev–Trinajstić information content (AvgIpc) is 2.81. The molecule has 1 saturated heterocycles. The molecule has 9 heteroatoms. The van der Waals surface area contributed by atoms with Crippen molar-refractivity contribution in [1.29, 1.82) is 0 Å². The standard InChI is InChI=1S/C24H24FN5O3/c1-15-17(23(32)28-19-8-4-3-7-18(19)25)13-26-22(27-15)20-9-5-6-12-30(20)24(33)16-10-11-21(31)29(2)14-16/h3-4,7-8,10-11,13-14,20H,5-6,9,12H2,1-2H3,(H,28,32). The van der Waals surface area contributed by atoms with Crippen molar-refractivity contribution in [2.75, 3.05) is 11.9 Å². The summed E-state index contributed by atoms with van der Waals surface area (Å²) in [7, 11) is 1.60. The highest BCUT2D eigenvalue weighted by Crippen LogP contribution is 2.30. The number of piperidine rings is 1. The van der Waals surface area contributed by atoms with E-state index in [4.69, 9.17) is 0 Å². The van der Waals surface area contributed by atoms with Gasteiger partial charge in [-0.1, -0.05) is 12.1 Å². The minimum Gasteiger partial charge on any atom is -0.328 e. The molecule has 2 aromatic heterocycles. The van der Waals surface area contributed by atoms with Crippen LogP contribution in [-0.2, 0) is 7.05 Å². The number of nitrogens with zero attached hydrogens (tertiary/aromatic N) is 4. The number of rotatable bonds is 4. The summed E-state index contributed by atoms with van der Waals surface area (Å²) in [6, 6.07) is 8.47. The Hall–Kier alpha value is -3.88. The lowest BCUT2D eigenvalue weighted by Crippen LogP contribution is -2.39. The highest BCUT2D eigenvalue weighted by atomic mass is 19.1. The number of aromatic nitrogens is 3. The Morgan fingerprint density at radius 2 is 1.94 bits per heavy atom. The summed E-state index contributed by atoms with van der Waals surface area (Å²) in [6.45, 7) is 2.23. The fourth-order valence-corrected chi connectivity index (χ4v) is 3.95. The van der Waals surface area contributed by atoms with E-state index in [1.807, 2.05) is 0 Å². The maximum absolute atomic E-state index is 13.9. The lowest BCUT2D eigenvalue weighted by molar-refractivity contribution is 0.0598. The molecule has 1 aliphatic rings. The number of pyridine rings is 1. The smallest absolute Gasteiger partial charge is 0.259 e. The van der Waals surface area contributed by atoms with Gasteiger partial charge in [-0.2, -0.15) is 0 Å². The fraction of sp³-hybridized carbons (Fsp3) is 0.292. The van der Waals surface area contributed by atoms with Crippen LogP contribution in [0.3, 0.4) is 0 Å². The Labute approximate surface area is 190 Å². The lowest BCUT2D eigenvalue weighted by atomic mass is 10.00. The largest absolute Gasteiger partial charge is 0.328 e. The van der Waals surface area contributed by atoms with Gasteiger partial charge in [0.2, 0.25) is 5.56 Å². The fourth-order valence-electron chi connectivity index (χ4n) is 3.95. The van der Waals surface area contributed by atoms with Gasteiger partial charge in [0.05, 0.1) is 28.6 Å². The first-order valence-corrected chi connectivity index (χ1v) is 10.7.